The van der Waals surface area contributed by atoms with Gasteiger partial charge in [-0.25, -0.2) is 4.98 Å². The van der Waals surface area contributed by atoms with Crippen molar-refractivity contribution in [3.8, 4) is 5.75 Å². The minimum atomic E-state index is -0.399. The summed E-state index contributed by atoms with van der Waals surface area (Å²) >= 11 is 0. The summed E-state index contributed by atoms with van der Waals surface area (Å²) in [5.41, 5.74) is 11.4. The highest BCUT2D eigenvalue weighted by molar-refractivity contribution is 5.73. The summed E-state index contributed by atoms with van der Waals surface area (Å²) in [6.45, 7) is 2.06. The van der Waals surface area contributed by atoms with Crippen LogP contribution in [0.5, 0.6) is 5.75 Å². The van der Waals surface area contributed by atoms with Crippen molar-refractivity contribution < 1.29 is 9.53 Å². The van der Waals surface area contributed by atoms with Crippen molar-refractivity contribution in [1.82, 2.24) is 4.98 Å². The minimum absolute atomic E-state index is 0.174. The zero-order chi connectivity index (χ0) is 10.6. The fourth-order valence-electron chi connectivity index (χ4n) is 0.948. The lowest BCUT2D eigenvalue weighted by atomic mass is 10.3. The second-order valence-electron chi connectivity index (χ2n) is 2.90. The molecule has 0 atom stereocenters. The Balaban J connectivity index is 2.55. The number of ether oxygens (including phenoxy) is 1. The van der Waals surface area contributed by atoms with Gasteiger partial charge in [0.15, 0.2) is 11.6 Å². The second-order valence-corrected chi connectivity index (χ2v) is 2.90. The Hall–Kier alpha value is -1.78. The number of nitrogens with zero attached hydrogens (tertiary/aromatic N) is 1. The lowest BCUT2D eigenvalue weighted by Crippen LogP contribution is -2.15. The molecule has 0 unspecified atom stereocenters. The van der Waals surface area contributed by atoms with Crippen molar-refractivity contribution in [1.29, 1.82) is 0 Å². The van der Waals surface area contributed by atoms with E-state index in [1.165, 1.54) is 0 Å². The van der Waals surface area contributed by atoms with E-state index in [1.807, 2.05) is 6.92 Å². The van der Waals surface area contributed by atoms with Gasteiger partial charge in [-0.05, 0) is 19.1 Å². The molecule has 1 rings (SSSR count). The number of aromatic nitrogens is 1. The van der Waals surface area contributed by atoms with Gasteiger partial charge >= 0.3 is 0 Å². The fraction of sp³-hybridized carbons (Fsp3) is 0.333. The molecule has 0 radical (unpaired) electrons. The summed E-state index contributed by atoms with van der Waals surface area (Å²) in [6.07, 6.45) is 0.174. The number of anilines is 1. The molecule has 0 saturated carbocycles. The van der Waals surface area contributed by atoms with Crippen LogP contribution < -0.4 is 16.2 Å². The van der Waals surface area contributed by atoms with E-state index in [1.54, 1.807) is 12.1 Å². The molecule has 1 heterocycles. The first kappa shape index (κ1) is 10.3. The van der Waals surface area contributed by atoms with Crippen LogP contribution in [0.4, 0.5) is 5.82 Å². The van der Waals surface area contributed by atoms with Crippen LogP contribution in [0.2, 0.25) is 0 Å². The number of hydrogen-bond acceptors (Lipinski definition) is 4. The highest BCUT2D eigenvalue weighted by Crippen LogP contribution is 2.18. The molecular formula is C9H13N3O2. The number of hydrogen-bond donors (Lipinski definition) is 2. The number of nitrogen functional groups attached to an aromatic ring is 1. The Morgan fingerprint density at radius 2 is 2.29 bits per heavy atom. The van der Waals surface area contributed by atoms with Crippen molar-refractivity contribution in [2.45, 2.75) is 13.3 Å². The summed E-state index contributed by atoms with van der Waals surface area (Å²) in [7, 11) is 0. The predicted molar refractivity (Wildman–Crippen MR) is 52.7 cm³/mol. The average molecular weight is 195 g/mol. The Morgan fingerprint density at radius 3 is 2.86 bits per heavy atom. The largest absolute Gasteiger partial charge is 0.489 e. The number of primary amides is 1. The average Bonchev–Trinajstić information content (AvgIpc) is 2.08. The summed E-state index contributed by atoms with van der Waals surface area (Å²) in [5.74, 6) is 0.412. The van der Waals surface area contributed by atoms with E-state index in [0.29, 0.717) is 11.6 Å². The predicted octanol–water partition coefficient (Wildman–Crippen LogP) is 0.226. The van der Waals surface area contributed by atoms with Gasteiger partial charge in [-0.1, -0.05) is 0 Å². The first-order valence-corrected chi connectivity index (χ1v) is 4.24. The monoisotopic (exact) mass is 195 g/mol. The molecule has 0 aliphatic rings. The van der Waals surface area contributed by atoms with Gasteiger partial charge in [-0.15, -0.1) is 0 Å². The zero-order valence-electron chi connectivity index (χ0n) is 7.99. The summed E-state index contributed by atoms with van der Waals surface area (Å²) in [4.78, 5) is 14.4. The van der Waals surface area contributed by atoms with Gasteiger partial charge in [0.25, 0.3) is 0 Å². The van der Waals surface area contributed by atoms with Gasteiger partial charge < -0.3 is 16.2 Å². The number of rotatable bonds is 4. The summed E-state index contributed by atoms with van der Waals surface area (Å²) < 4.78 is 5.21. The van der Waals surface area contributed by atoms with Crippen molar-refractivity contribution >= 4 is 11.7 Å². The minimum Gasteiger partial charge on any atom is -0.489 e. The summed E-state index contributed by atoms with van der Waals surface area (Å²) in [5, 5.41) is 0. The number of pyridine rings is 1. The summed E-state index contributed by atoms with van der Waals surface area (Å²) in [6, 6.07) is 3.51. The quantitative estimate of drug-likeness (QED) is 0.719. The number of aryl methyl sites for hydroxylation is 1. The van der Waals surface area contributed by atoms with E-state index in [9.17, 15) is 4.79 Å². The molecule has 1 aromatic rings. The maximum Gasteiger partial charge on any atom is 0.220 e. The normalized spacial score (nSPS) is 9.79. The Morgan fingerprint density at radius 1 is 1.57 bits per heavy atom. The van der Waals surface area contributed by atoms with Gasteiger partial charge in [0.1, 0.15) is 0 Å². The topological polar surface area (TPSA) is 91.2 Å². The van der Waals surface area contributed by atoms with E-state index in [0.717, 1.165) is 5.69 Å². The molecule has 1 amide bonds. The molecule has 0 aromatic carbocycles. The van der Waals surface area contributed by atoms with Gasteiger partial charge in [0.2, 0.25) is 5.91 Å². The molecule has 0 spiro atoms. The molecule has 0 saturated heterocycles. The molecule has 0 bridgehead atoms. The third kappa shape index (κ3) is 2.93. The highest BCUT2D eigenvalue weighted by atomic mass is 16.5. The SMILES string of the molecule is Cc1ccc(OCCC(N)=O)c(N)n1. The third-order valence-corrected chi connectivity index (χ3v) is 1.63. The lowest BCUT2D eigenvalue weighted by Gasteiger charge is -2.07. The Labute approximate surface area is 82.1 Å². The van der Waals surface area contributed by atoms with Crippen LogP contribution in [-0.2, 0) is 4.79 Å². The van der Waals surface area contributed by atoms with Crippen LogP contribution in [-0.4, -0.2) is 17.5 Å². The molecule has 76 valence electrons. The third-order valence-electron chi connectivity index (χ3n) is 1.63. The maximum atomic E-state index is 10.4. The van der Waals surface area contributed by atoms with Gasteiger partial charge in [0, 0.05) is 5.69 Å². The van der Waals surface area contributed by atoms with Crippen LogP contribution in [0.1, 0.15) is 12.1 Å². The van der Waals surface area contributed by atoms with Gasteiger partial charge in [-0.3, -0.25) is 4.79 Å². The van der Waals surface area contributed by atoms with Gasteiger partial charge in [0.05, 0.1) is 13.0 Å². The van der Waals surface area contributed by atoms with E-state index < -0.39 is 5.91 Å². The van der Waals surface area contributed by atoms with Crippen LogP contribution in [0.25, 0.3) is 0 Å². The number of amides is 1. The molecular weight excluding hydrogens is 182 g/mol. The molecule has 0 fully saturated rings. The van der Waals surface area contributed by atoms with E-state index in [-0.39, 0.29) is 13.0 Å². The number of carbonyl (C=O) groups is 1. The first-order chi connectivity index (χ1) is 6.59. The standard InChI is InChI=1S/C9H13N3O2/c1-6-2-3-7(9(11)12-6)14-5-4-8(10)13/h2-3H,4-5H2,1H3,(H2,10,13)(H2,11,12). The van der Waals surface area contributed by atoms with E-state index >= 15 is 0 Å². The van der Waals surface area contributed by atoms with Crippen LogP contribution >= 0.6 is 0 Å². The van der Waals surface area contributed by atoms with Crippen molar-refractivity contribution in [2.75, 3.05) is 12.3 Å². The molecule has 14 heavy (non-hydrogen) atoms. The molecule has 5 nitrogen and oxygen atoms in total. The molecule has 0 aliphatic carbocycles. The lowest BCUT2D eigenvalue weighted by molar-refractivity contribution is -0.118. The van der Waals surface area contributed by atoms with Crippen LogP contribution in [0.15, 0.2) is 12.1 Å². The highest BCUT2D eigenvalue weighted by Gasteiger charge is 2.02. The van der Waals surface area contributed by atoms with Crippen molar-refractivity contribution in [3.05, 3.63) is 17.8 Å². The second kappa shape index (κ2) is 4.45. The molecule has 1 aromatic heterocycles. The van der Waals surface area contributed by atoms with Crippen LogP contribution in [0, 0.1) is 6.92 Å². The zero-order valence-corrected chi connectivity index (χ0v) is 7.99. The van der Waals surface area contributed by atoms with E-state index in [2.05, 4.69) is 4.98 Å². The van der Waals surface area contributed by atoms with Gasteiger partial charge in [-0.2, -0.15) is 0 Å². The van der Waals surface area contributed by atoms with Crippen molar-refractivity contribution in [3.63, 3.8) is 0 Å². The smallest absolute Gasteiger partial charge is 0.220 e. The molecule has 4 N–H and O–H groups in total. The molecule has 5 heteroatoms. The van der Waals surface area contributed by atoms with Crippen molar-refractivity contribution in [2.24, 2.45) is 5.73 Å². The Bertz CT molecular complexity index is 339. The number of carbonyl (C=O) groups excluding carboxylic acids is 1. The maximum absolute atomic E-state index is 10.4. The first-order valence-electron chi connectivity index (χ1n) is 4.24. The number of nitrogens with two attached hydrogens (primary N) is 2. The molecule has 0 aliphatic heterocycles. The van der Waals surface area contributed by atoms with Crippen LogP contribution in [0.3, 0.4) is 0 Å². The fourth-order valence-corrected chi connectivity index (χ4v) is 0.948. The van der Waals surface area contributed by atoms with E-state index in [4.69, 9.17) is 16.2 Å². The Kier molecular flexibility index (Phi) is 3.28.